The quantitative estimate of drug-likeness (QED) is 0.854. The SMILES string of the molecule is COC(=O)c1ccc(CNC2=NCCCN2C)nc1C1CC1. The molecular weight excluding hydrogens is 280 g/mol. The van der Waals surface area contributed by atoms with E-state index in [1.807, 2.05) is 19.2 Å². The van der Waals surface area contributed by atoms with Crippen LogP contribution in [0.15, 0.2) is 17.1 Å². The van der Waals surface area contributed by atoms with Gasteiger partial charge in [0.2, 0.25) is 0 Å². The van der Waals surface area contributed by atoms with Crippen LogP contribution in [0.4, 0.5) is 0 Å². The summed E-state index contributed by atoms with van der Waals surface area (Å²) in [6, 6.07) is 3.71. The molecule has 0 spiro atoms. The molecule has 1 aromatic heterocycles. The van der Waals surface area contributed by atoms with Crippen molar-refractivity contribution >= 4 is 11.9 Å². The van der Waals surface area contributed by atoms with Gasteiger partial charge in [0, 0.05) is 26.1 Å². The minimum absolute atomic E-state index is 0.301. The molecule has 6 nitrogen and oxygen atoms in total. The number of hydrogen-bond donors (Lipinski definition) is 1. The van der Waals surface area contributed by atoms with E-state index in [2.05, 4.69) is 20.2 Å². The first-order valence-electron chi connectivity index (χ1n) is 7.76. The summed E-state index contributed by atoms with van der Waals surface area (Å²) in [5, 5.41) is 3.33. The number of nitrogens with zero attached hydrogens (tertiary/aromatic N) is 3. The lowest BCUT2D eigenvalue weighted by Crippen LogP contribution is -2.41. The molecule has 0 bridgehead atoms. The lowest BCUT2D eigenvalue weighted by Gasteiger charge is -2.25. The lowest BCUT2D eigenvalue weighted by molar-refractivity contribution is 0.0598. The highest BCUT2D eigenvalue weighted by Crippen LogP contribution is 2.40. The largest absolute Gasteiger partial charge is 0.465 e. The van der Waals surface area contributed by atoms with Crippen LogP contribution in [0, 0.1) is 0 Å². The number of ether oxygens (including phenoxy) is 1. The predicted octanol–water partition coefficient (Wildman–Crippen LogP) is 1.53. The highest BCUT2D eigenvalue weighted by atomic mass is 16.5. The van der Waals surface area contributed by atoms with Crippen LogP contribution < -0.4 is 5.32 Å². The first-order valence-corrected chi connectivity index (χ1v) is 7.76. The molecule has 0 radical (unpaired) electrons. The van der Waals surface area contributed by atoms with E-state index in [1.54, 1.807) is 0 Å². The molecule has 0 unspecified atom stereocenters. The van der Waals surface area contributed by atoms with Gasteiger partial charge in [0.25, 0.3) is 0 Å². The molecule has 1 aromatic rings. The maximum Gasteiger partial charge on any atom is 0.339 e. The second-order valence-corrected chi connectivity index (χ2v) is 5.84. The van der Waals surface area contributed by atoms with Gasteiger partial charge in [0.1, 0.15) is 0 Å². The van der Waals surface area contributed by atoms with Crippen molar-refractivity contribution in [3.05, 3.63) is 29.1 Å². The fourth-order valence-corrected chi connectivity index (χ4v) is 2.65. The Morgan fingerprint density at radius 3 is 2.95 bits per heavy atom. The number of nitrogens with one attached hydrogen (secondary N) is 1. The third-order valence-electron chi connectivity index (χ3n) is 4.05. The molecular formula is C16H22N4O2. The summed E-state index contributed by atoms with van der Waals surface area (Å²) in [4.78, 5) is 23.1. The van der Waals surface area contributed by atoms with Gasteiger partial charge in [0.15, 0.2) is 5.96 Å². The van der Waals surface area contributed by atoms with Crippen LogP contribution in [-0.4, -0.2) is 49.1 Å². The van der Waals surface area contributed by atoms with Gasteiger partial charge in [-0.2, -0.15) is 0 Å². The number of hydrogen-bond acceptors (Lipinski definition) is 6. The lowest BCUT2D eigenvalue weighted by atomic mass is 10.1. The van der Waals surface area contributed by atoms with Gasteiger partial charge in [0.05, 0.1) is 30.6 Å². The van der Waals surface area contributed by atoms with E-state index >= 15 is 0 Å². The molecule has 0 saturated heterocycles. The van der Waals surface area contributed by atoms with Gasteiger partial charge in [-0.05, 0) is 31.4 Å². The Kier molecular flexibility index (Phi) is 4.27. The summed E-state index contributed by atoms with van der Waals surface area (Å²) in [6.07, 6.45) is 3.30. The Bertz CT molecular complexity index is 596. The fourth-order valence-electron chi connectivity index (χ4n) is 2.65. The minimum Gasteiger partial charge on any atom is -0.465 e. The van der Waals surface area contributed by atoms with E-state index in [0.29, 0.717) is 18.0 Å². The number of guanidine groups is 1. The van der Waals surface area contributed by atoms with Crippen LogP contribution in [0.1, 0.15) is 46.9 Å². The van der Waals surface area contributed by atoms with Crippen LogP contribution in [0.25, 0.3) is 0 Å². The van der Waals surface area contributed by atoms with Crippen molar-refractivity contribution in [1.29, 1.82) is 0 Å². The average molecular weight is 302 g/mol. The molecule has 3 rings (SSSR count). The van der Waals surface area contributed by atoms with Crippen LogP contribution in [0.3, 0.4) is 0 Å². The maximum atomic E-state index is 11.8. The number of pyridine rings is 1. The van der Waals surface area contributed by atoms with E-state index in [1.165, 1.54) is 7.11 Å². The minimum atomic E-state index is -0.301. The van der Waals surface area contributed by atoms with Crippen LogP contribution in [0.2, 0.25) is 0 Å². The normalized spacial score (nSPS) is 17.9. The zero-order chi connectivity index (χ0) is 15.5. The third kappa shape index (κ3) is 3.21. The first kappa shape index (κ1) is 14.8. The number of aromatic nitrogens is 1. The smallest absolute Gasteiger partial charge is 0.339 e. The van der Waals surface area contributed by atoms with E-state index in [9.17, 15) is 4.79 Å². The summed E-state index contributed by atoms with van der Waals surface area (Å²) in [5.41, 5.74) is 2.40. The summed E-state index contributed by atoms with van der Waals surface area (Å²) in [5.74, 6) is 1.02. The van der Waals surface area contributed by atoms with Crippen LogP contribution >= 0.6 is 0 Å². The molecule has 1 aliphatic heterocycles. The van der Waals surface area contributed by atoms with Crippen molar-refractivity contribution in [2.75, 3.05) is 27.2 Å². The van der Waals surface area contributed by atoms with Crippen molar-refractivity contribution < 1.29 is 9.53 Å². The summed E-state index contributed by atoms with van der Waals surface area (Å²) >= 11 is 0. The number of esters is 1. The fraction of sp³-hybridized carbons (Fsp3) is 0.562. The molecule has 0 atom stereocenters. The summed E-state index contributed by atoms with van der Waals surface area (Å²) in [6.45, 7) is 2.51. The highest BCUT2D eigenvalue weighted by molar-refractivity contribution is 5.90. The first-order chi connectivity index (χ1) is 10.7. The Morgan fingerprint density at radius 2 is 2.27 bits per heavy atom. The monoisotopic (exact) mass is 302 g/mol. The molecule has 2 aliphatic rings. The third-order valence-corrected chi connectivity index (χ3v) is 4.05. The van der Waals surface area contributed by atoms with Crippen LogP contribution in [-0.2, 0) is 11.3 Å². The molecule has 1 aliphatic carbocycles. The molecule has 1 fully saturated rings. The number of rotatable bonds is 4. The standard InChI is InChI=1S/C16H22N4O2/c1-20-9-3-8-17-16(20)18-10-12-6-7-13(15(21)22-2)14(19-12)11-4-5-11/h6-7,11H,3-5,8-10H2,1-2H3,(H,17,18). The maximum absolute atomic E-state index is 11.8. The Labute approximate surface area is 130 Å². The molecule has 6 heteroatoms. The number of methoxy groups -OCH3 is 1. The van der Waals surface area contributed by atoms with E-state index in [0.717, 1.165) is 49.7 Å². The molecule has 1 saturated carbocycles. The van der Waals surface area contributed by atoms with Gasteiger partial charge in [-0.15, -0.1) is 0 Å². The summed E-state index contributed by atoms with van der Waals surface area (Å²) < 4.78 is 4.84. The average Bonchev–Trinajstić information content (AvgIpc) is 3.38. The van der Waals surface area contributed by atoms with Crippen molar-refractivity contribution in [2.24, 2.45) is 4.99 Å². The molecule has 0 aromatic carbocycles. The molecule has 22 heavy (non-hydrogen) atoms. The van der Waals surface area contributed by atoms with Gasteiger partial charge < -0.3 is 15.0 Å². The number of carbonyl (C=O) groups excluding carboxylic acids is 1. The highest BCUT2D eigenvalue weighted by Gasteiger charge is 2.30. The van der Waals surface area contributed by atoms with Crippen molar-refractivity contribution in [1.82, 2.24) is 15.2 Å². The van der Waals surface area contributed by atoms with Gasteiger partial charge in [-0.1, -0.05) is 0 Å². The van der Waals surface area contributed by atoms with Gasteiger partial charge in [-0.3, -0.25) is 9.98 Å². The summed E-state index contributed by atoms with van der Waals surface area (Å²) in [7, 11) is 3.44. The Hall–Kier alpha value is -2.11. The predicted molar refractivity (Wildman–Crippen MR) is 83.9 cm³/mol. The van der Waals surface area contributed by atoms with Crippen molar-refractivity contribution in [2.45, 2.75) is 31.7 Å². The van der Waals surface area contributed by atoms with Gasteiger partial charge >= 0.3 is 5.97 Å². The zero-order valence-electron chi connectivity index (χ0n) is 13.1. The molecule has 1 N–H and O–H groups in total. The molecule has 2 heterocycles. The number of aliphatic imine (C=N–C) groups is 1. The topological polar surface area (TPSA) is 66.8 Å². The van der Waals surface area contributed by atoms with E-state index in [4.69, 9.17) is 4.74 Å². The van der Waals surface area contributed by atoms with Crippen molar-refractivity contribution in [3.8, 4) is 0 Å². The Morgan fingerprint density at radius 1 is 1.45 bits per heavy atom. The second kappa shape index (κ2) is 6.34. The molecule has 0 amide bonds. The second-order valence-electron chi connectivity index (χ2n) is 5.84. The van der Waals surface area contributed by atoms with Gasteiger partial charge in [-0.25, -0.2) is 4.79 Å². The van der Waals surface area contributed by atoms with Crippen LogP contribution in [0.5, 0.6) is 0 Å². The van der Waals surface area contributed by atoms with E-state index in [-0.39, 0.29) is 5.97 Å². The Balaban J connectivity index is 1.73. The number of carbonyl (C=O) groups is 1. The zero-order valence-corrected chi connectivity index (χ0v) is 13.1. The molecule has 118 valence electrons. The van der Waals surface area contributed by atoms with Crippen molar-refractivity contribution in [3.63, 3.8) is 0 Å². The van der Waals surface area contributed by atoms with E-state index < -0.39 is 0 Å².